The van der Waals surface area contributed by atoms with Crippen LogP contribution in [0.1, 0.15) is 13.8 Å². The molecule has 0 aliphatic rings. The molecule has 0 heterocycles. The van der Waals surface area contributed by atoms with Crippen LogP contribution in [0.3, 0.4) is 0 Å². The molecular formula is C7H9CoNO4. The quantitative estimate of drug-likeness (QED) is 0.457. The van der Waals surface area contributed by atoms with Crippen molar-refractivity contribution in [3.63, 3.8) is 0 Å². The van der Waals surface area contributed by atoms with Gasteiger partial charge in [0.2, 0.25) is 0 Å². The molecule has 6 heteroatoms. The Kier molecular flexibility index (Phi) is 39.0. The Morgan fingerprint density at radius 2 is 1.38 bits per heavy atom. The molecule has 13 heavy (non-hydrogen) atoms. The van der Waals surface area contributed by atoms with Crippen molar-refractivity contribution in [1.82, 2.24) is 0 Å². The first-order valence-electron chi connectivity index (χ1n) is 2.74. The van der Waals surface area contributed by atoms with Gasteiger partial charge in [-0.1, -0.05) is 6.58 Å². The zero-order chi connectivity index (χ0) is 10.6. The molecule has 0 fully saturated rings. The molecule has 1 radical (unpaired) electrons. The van der Waals surface area contributed by atoms with E-state index >= 15 is 0 Å². The fourth-order valence-electron chi connectivity index (χ4n) is 0. The molecule has 0 saturated carbocycles. The van der Waals surface area contributed by atoms with E-state index in [1.165, 1.54) is 6.08 Å². The number of nitriles is 1. The monoisotopic (exact) mass is 230 g/mol. The Labute approximate surface area is 86.9 Å². The minimum atomic E-state index is -1.08. The van der Waals surface area contributed by atoms with E-state index in [1.807, 2.05) is 0 Å². The molecule has 0 aromatic rings. The van der Waals surface area contributed by atoms with Gasteiger partial charge in [-0.25, -0.2) is 0 Å². The van der Waals surface area contributed by atoms with Crippen molar-refractivity contribution in [2.24, 2.45) is 0 Å². The molecule has 0 aromatic heterocycles. The van der Waals surface area contributed by atoms with Gasteiger partial charge in [-0.2, -0.15) is 5.26 Å². The number of rotatable bonds is 0. The third-order valence-corrected chi connectivity index (χ3v) is 0.0913. The summed E-state index contributed by atoms with van der Waals surface area (Å²) < 4.78 is 0. The van der Waals surface area contributed by atoms with Crippen LogP contribution >= 0.6 is 0 Å². The Balaban J connectivity index is -0.0000000450. The molecule has 0 saturated heterocycles. The van der Waals surface area contributed by atoms with Crippen LogP contribution in [0, 0.1) is 11.3 Å². The Bertz CT molecular complexity index is 165. The Hall–Kier alpha value is -1.32. The average molecular weight is 230 g/mol. The van der Waals surface area contributed by atoms with Gasteiger partial charge in [0, 0.05) is 18.0 Å². The van der Waals surface area contributed by atoms with Crippen LogP contribution in [0.5, 0.6) is 0 Å². The standard InChI is InChI=1S/C3H3N.2C2H4O2.Co/c1-2-3-4;2*1-2(3)4;/h2H,1H2;2*1H3,(H,3,4);/q;;;+2/p-2. The zero-order valence-corrected chi connectivity index (χ0v) is 8.24. The molecule has 0 N–H and O–H groups in total. The molecular weight excluding hydrogens is 221 g/mol. The molecule has 0 spiro atoms. The predicted molar refractivity (Wildman–Crippen MR) is 37.2 cm³/mol. The van der Waals surface area contributed by atoms with Gasteiger partial charge in [-0.15, -0.1) is 0 Å². The molecule has 0 bridgehead atoms. The van der Waals surface area contributed by atoms with Crippen molar-refractivity contribution < 1.29 is 36.6 Å². The van der Waals surface area contributed by atoms with E-state index < -0.39 is 11.9 Å². The summed E-state index contributed by atoms with van der Waals surface area (Å²) in [6.45, 7) is 5.06. The van der Waals surface area contributed by atoms with Crippen LogP contribution in [0.25, 0.3) is 0 Å². The molecule has 0 unspecified atom stereocenters. The summed E-state index contributed by atoms with van der Waals surface area (Å²) in [6.07, 6.45) is 1.18. The maximum Gasteiger partial charge on any atom is 2.00 e. The van der Waals surface area contributed by atoms with E-state index in [-0.39, 0.29) is 16.8 Å². The molecule has 75 valence electrons. The molecule has 5 nitrogen and oxygen atoms in total. The number of carbonyl (C=O) groups is 2. The molecule has 0 atom stereocenters. The van der Waals surface area contributed by atoms with Crippen LogP contribution in [0.15, 0.2) is 12.7 Å². The van der Waals surface area contributed by atoms with Crippen molar-refractivity contribution in [1.29, 1.82) is 5.26 Å². The van der Waals surface area contributed by atoms with Crippen LogP contribution in [0.4, 0.5) is 0 Å². The largest absolute Gasteiger partial charge is 2.00 e. The van der Waals surface area contributed by atoms with E-state index in [1.54, 1.807) is 6.07 Å². The third-order valence-electron chi connectivity index (χ3n) is 0.0913. The van der Waals surface area contributed by atoms with Gasteiger partial charge < -0.3 is 19.8 Å². The number of allylic oxidation sites excluding steroid dienone is 1. The average Bonchev–Trinajstić information content (AvgIpc) is 1.85. The Morgan fingerprint density at radius 1 is 1.31 bits per heavy atom. The fraction of sp³-hybridized carbons (Fsp3) is 0.286. The van der Waals surface area contributed by atoms with E-state index in [2.05, 4.69) is 6.58 Å². The SMILES string of the molecule is C=CC#N.CC(=O)[O-].CC(=O)[O-].[Co+2]. The van der Waals surface area contributed by atoms with E-state index in [9.17, 15) is 0 Å². The molecule has 0 amide bonds. The molecule has 0 rings (SSSR count). The second-order valence-electron chi connectivity index (χ2n) is 1.32. The number of aliphatic carboxylic acids is 2. The van der Waals surface area contributed by atoms with E-state index in [0.717, 1.165) is 13.8 Å². The van der Waals surface area contributed by atoms with Crippen molar-refractivity contribution in [2.45, 2.75) is 13.8 Å². The van der Waals surface area contributed by atoms with Crippen molar-refractivity contribution in [3.8, 4) is 6.07 Å². The Morgan fingerprint density at radius 3 is 1.38 bits per heavy atom. The molecule has 0 aromatic carbocycles. The number of hydrogen-bond donors (Lipinski definition) is 0. The van der Waals surface area contributed by atoms with Gasteiger partial charge >= 0.3 is 16.8 Å². The van der Waals surface area contributed by atoms with E-state index in [0.29, 0.717) is 0 Å². The molecule has 0 aliphatic carbocycles. The summed E-state index contributed by atoms with van der Waals surface area (Å²) >= 11 is 0. The number of carboxylic acid groups (broad SMARTS) is 2. The fourth-order valence-corrected chi connectivity index (χ4v) is 0. The number of carbonyl (C=O) groups excluding carboxylic acids is 2. The van der Waals surface area contributed by atoms with Gasteiger partial charge in [-0.3, -0.25) is 0 Å². The summed E-state index contributed by atoms with van der Waals surface area (Å²) in [5.41, 5.74) is 0. The van der Waals surface area contributed by atoms with Crippen molar-refractivity contribution in [3.05, 3.63) is 12.7 Å². The maximum atomic E-state index is 8.89. The summed E-state index contributed by atoms with van der Waals surface area (Å²) in [4.78, 5) is 17.8. The first-order valence-corrected chi connectivity index (χ1v) is 2.74. The maximum absolute atomic E-state index is 8.89. The summed E-state index contributed by atoms with van der Waals surface area (Å²) in [5, 5.41) is 25.3. The molecule has 0 aliphatic heterocycles. The minimum Gasteiger partial charge on any atom is -0.550 e. The van der Waals surface area contributed by atoms with Gasteiger partial charge in [0.05, 0.1) is 6.07 Å². The van der Waals surface area contributed by atoms with Gasteiger partial charge in [0.25, 0.3) is 0 Å². The van der Waals surface area contributed by atoms with Gasteiger partial charge in [0.15, 0.2) is 0 Å². The summed E-state index contributed by atoms with van der Waals surface area (Å²) in [7, 11) is 0. The number of nitrogens with zero attached hydrogens (tertiary/aromatic N) is 1. The smallest absolute Gasteiger partial charge is 0.550 e. The summed E-state index contributed by atoms with van der Waals surface area (Å²) in [6, 6.07) is 1.69. The third kappa shape index (κ3) is 7680. The summed E-state index contributed by atoms with van der Waals surface area (Å²) in [5.74, 6) is -2.17. The van der Waals surface area contributed by atoms with Gasteiger partial charge in [0.1, 0.15) is 0 Å². The first-order chi connectivity index (χ1) is 5.38. The van der Waals surface area contributed by atoms with Crippen LogP contribution in [-0.2, 0) is 26.4 Å². The number of hydrogen-bond acceptors (Lipinski definition) is 5. The zero-order valence-electron chi connectivity index (χ0n) is 7.20. The van der Waals surface area contributed by atoms with E-state index in [4.69, 9.17) is 25.1 Å². The minimum absolute atomic E-state index is 0. The second kappa shape index (κ2) is 22.4. The van der Waals surface area contributed by atoms with Crippen LogP contribution in [0.2, 0.25) is 0 Å². The van der Waals surface area contributed by atoms with Crippen LogP contribution in [-0.4, -0.2) is 11.9 Å². The predicted octanol–water partition coefficient (Wildman–Crippen LogP) is -1.79. The second-order valence-corrected chi connectivity index (χ2v) is 1.32. The number of carboxylic acids is 2. The topological polar surface area (TPSA) is 104 Å². The first kappa shape index (κ1) is 22.6. The van der Waals surface area contributed by atoms with Crippen LogP contribution < -0.4 is 10.2 Å². The van der Waals surface area contributed by atoms with Gasteiger partial charge in [-0.05, 0) is 13.8 Å². The van der Waals surface area contributed by atoms with Crippen molar-refractivity contribution >= 4 is 11.9 Å². The van der Waals surface area contributed by atoms with Crippen molar-refractivity contribution in [2.75, 3.05) is 0 Å². The normalized spacial score (nSPS) is 5.00.